The lowest BCUT2D eigenvalue weighted by Gasteiger charge is -2.08. The topological polar surface area (TPSA) is 82.0 Å². The average molecular weight is 406 g/mol. The lowest BCUT2D eigenvalue weighted by molar-refractivity contribution is -0.146. The monoisotopic (exact) mass is 406 g/mol. The van der Waals surface area contributed by atoms with E-state index in [0.717, 1.165) is 22.9 Å². The maximum absolute atomic E-state index is 13.2. The van der Waals surface area contributed by atoms with Crippen molar-refractivity contribution in [2.24, 2.45) is 0 Å². The Bertz CT molecular complexity index is 1170. The fourth-order valence-corrected chi connectivity index (χ4v) is 3.32. The molecule has 3 aromatic heterocycles. The third-order valence-electron chi connectivity index (χ3n) is 4.19. The third-order valence-corrected chi connectivity index (χ3v) is 5.11. The number of hydrogen-bond acceptors (Lipinski definition) is 7. The molecule has 0 bridgehead atoms. The van der Waals surface area contributed by atoms with Crippen molar-refractivity contribution in [3.05, 3.63) is 46.8 Å². The van der Waals surface area contributed by atoms with E-state index in [2.05, 4.69) is 25.5 Å². The molecule has 144 valence electrons. The van der Waals surface area contributed by atoms with Crippen LogP contribution in [0.4, 0.5) is 13.2 Å². The average Bonchev–Trinajstić information content (AvgIpc) is 3.27. The molecule has 0 atom stereocenters. The lowest BCUT2D eigenvalue weighted by atomic mass is 10.1. The van der Waals surface area contributed by atoms with Gasteiger partial charge in [0.05, 0.1) is 0 Å². The van der Waals surface area contributed by atoms with Gasteiger partial charge in [0.15, 0.2) is 5.65 Å². The molecular formula is C17H13F3N6OS. The number of halogens is 3. The summed E-state index contributed by atoms with van der Waals surface area (Å²) in [4.78, 5) is 0. The van der Waals surface area contributed by atoms with E-state index in [9.17, 15) is 13.2 Å². The van der Waals surface area contributed by atoms with Gasteiger partial charge in [-0.3, -0.25) is 0 Å². The molecule has 1 aromatic carbocycles. The molecule has 4 aromatic rings. The van der Waals surface area contributed by atoms with E-state index in [0.29, 0.717) is 26.6 Å². The molecule has 0 aliphatic carbocycles. The van der Waals surface area contributed by atoms with E-state index in [4.69, 9.17) is 4.42 Å². The van der Waals surface area contributed by atoms with Crippen molar-refractivity contribution in [3.63, 3.8) is 0 Å². The minimum Gasteiger partial charge on any atom is -0.411 e. The van der Waals surface area contributed by atoms with Crippen LogP contribution in [-0.2, 0) is 6.18 Å². The summed E-state index contributed by atoms with van der Waals surface area (Å²) in [6, 6.07) is 7.54. The van der Waals surface area contributed by atoms with Crippen molar-refractivity contribution in [3.8, 4) is 11.5 Å². The molecule has 0 amide bonds. The number of rotatable bonds is 3. The van der Waals surface area contributed by atoms with Crippen molar-refractivity contribution >= 4 is 17.4 Å². The molecule has 3 heterocycles. The Morgan fingerprint density at radius 3 is 2.32 bits per heavy atom. The molecule has 0 saturated carbocycles. The third kappa shape index (κ3) is 3.21. The summed E-state index contributed by atoms with van der Waals surface area (Å²) >= 11 is 0.989. The minimum atomic E-state index is -4.67. The highest BCUT2D eigenvalue weighted by Crippen LogP contribution is 2.34. The Morgan fingerprint density at radius 2 is 1.64 bits per heavy atom. The van der Waals surface area contributed by atoms with E-state index in [1.807, 2.05) is 31.2 Å². The largest absolute Gasteiger partial charge is 0.453 e. The Hall–Kier alpha value is -2.95. The van der Waals surface area contributed by atoms with Gasteiger partial charge in [-0.1, -0.05) is 17.7 Å². The highest BCUT2D eigenvalue weighted by Gasteiger charge is 2.38. The zero-order valence-corrected chi connectivity index (χ0v) is 15.8. The van der Waals surface area contributed by atoms with Crippen LogP contribution in [0, 0.1) is 20.8 Å². The zero-order chi connectivity index (χ0) is 20.1. The number of aryl methyl sites for hydroxylation is 2. The first-order valence-electron chi connectivity index (χ1n) is 8.12. The fraction of sp³-hybridized carbons (Fsp3) is 0.235. The number of benzene rings is 1. The van der Waals surface area contributed by atoms with Crippen LogP contribution in [0.3, 0.4) is 0 Å². The summed E-state index contributed by atoms with van der Waals surface area (Å²) in [7, 11) is 0. The number of fused-ring (bicyclic) bond motifs is 1. The van der Waals surface area contributed by atoms with Crippen LogP contribution in [0.5, 0.6) is 0 Å². The van der Waals surface area contributed by atoms with Crippen LogP contribution in [0.15, 0.2) is 38.9 Å². The SMILES string of the molecule is Cc1ccc(-c2nnc(Sc3nn4c(C(F)(F)F)nnc4c(C)c3C)o2)cc1. The summed E-state index contributed by atoms with van der Waals surface area (Å²) < 4.78 is 45.8. The van der Waals surface area contributed by atoms with Crippen LogP contribution in [0.2, 0.25) is 0 Å². The van der Waals surface area contributed by atoms with Gasteiger partial charge in [0.2, 0.25) is 5.89 Å². The Labute approximate surface area is 161 Å². The highest BCUT2D eigenvalue weighted by molar-refractivity contribution is 7.99. The highest BCUT2D eigenvalue weighted by atomic mass is 32.2. The smallest absolute Gasteiger partial charge is 0.411 e. The minimum absolute atomic E-state index is 0.0556. The molecule has 0 saturated heterocycles. The quantitative estimate of drug-likeness (QED) is 0.502. The van der Waals surface area contributed by atoms with Gasteiger partial charge in [-0.15, -0.1) is 20.4 Å². The standard InChI is InChI=1S/C17H13F3N6OS/c1-8-4-6-11(7-5-8)13-22-24-16(27-13)28-14-10(3)9(2)12-21-23-15(17(18,19)20)26(12)25-14/h4-7H,1-3H3. The first kappa shape index (κ1) is 18.4. The van der Waals surface area contributed by atoms with Crippen LogP contribution >= 0.6 is 11.8 Å². The molecule has 0 spiro atoms. The number of nitrogens with zero attached hydrogens (tertiary/aromatic N) is 6. The van der Waals surface area contributed by atoms with Gasteiger partial charge in [-0.2, -0.15) is 22.8 Å². The first-order chi connectivity index (χ1) is 13.2. The Morgan fingerprint density at radius 1 is 0.929 bits per heavy atom. The van der Waals surface area contributed by atoms with Crippen molar-refractivity contribution in [2.75, 3.05) is 0 Å². The summed E-state index contributed by atoms with van der Waals surface area (Å²) in [5, 5.41) is 19.3. The second-order valence-electron chi connectivity index (χ2n) is 6.15. The molecule has 7 nitrogen and oxygen atoms in total. The van der Waals surface area contributed by atoms with Gasteiger partial charge in [-0.05, 0) is 50.2 Å². The molecule has 0 radical (unpaired) electrons. The molecule has 4 rings (SSSR count). The van der Waals surface area contributed by atoms with Crippen molar-refractivity contribution in [2.45, 2.75) is 37.2 Å². The summed E-state index contributed by atoms with van der Waals surface area (Å²) in [6.07, 6.45) is -4.67. The van der Waals surface area contributed by atoms with Crippen molar-refractivity contribution in [1.82, 2.24) is 30.0 Å². The van der Waals surface area contributed by atoms with E-state index in [1.165, 1.54) is 0 Å². The van der Waals surface area contributed by atoms with E-state index >= 15 is 0 Å². The van der Waals surface area contributed by atoms with E-state index < -0.39 is 12.0 Å². The van der Waals surface area contributed by atoms with Crippen LogP contribution in [0.25, 0.3) is 17.1 Å². The molecule has 28 heavy (non-hydrogen) atoms. The predicted octanol–water partition coefficient (Wildman–Crippen LogP) is 4.27. The molecular weight excluding hydrogens is 393 g/mol. The fourth-order valence-electron chi connectivity index (χ4n) is 2.52. The van der Waals surface area contributed by atoms with Gasteiger partial charge in [0, 0.05) is 11.1 Å². The first-order valence-corrected chi connectivity index (χ1v) is 8.94. The van der Waals surface area contributed by atoms with Crippen LogP contribution in [-0.4, -0.2) is 30.0 Å². The lowest BCUT2D eigenvalue weighted by Crippen LogP contribution is -2.13. The van der Waals surface area contributed by atoms with Gasteiger partial charge < -0.3 is 4.42 Å². The maximum atomic E-state index is 13.2. The second-order valence-corrected chi connectivity index (χ2v) is 7.09. The number of alkyl halides is 3. The summed E-state index contributed by atoms with van der Waals surface area (Å²) in [5.41, 5.74) is 3.10. The van der Waals surface area contributed by atoms with Crippen LogP contribution < -0.4 is 0 Å². The second kappa shape index (κ2) is 6.59. The van der Waals surface area contributed by atoms with Gasteiger partial charge >= 0.3 is 6.18 Å². The van der Waals surface area contributed by atoms with Gasteiger partial charge in [-0.25, -0.2) is 0 Å². The molecule has 0 aliphatic heterocycles. The molecule has 0 fully saturated rings. The van der Waals surface area contributed by atoms with E-state index in [-0.39, 0.29) is 10.9 Å². The Kier molecular flexibility index (Phi) is 4.33. The molecule has 0 N–H and O–H groups in total. The number of aromatic nitrogens is 6. The molecule has 0 aliphatic rings. The van der Waals surface area contributed by atoms with Crippen molar-refractivity contribution in [1.29, 1.82) is 0 Å². The number of hydrogen-bond donors (Lipinski definition) is 0. The summed E-state index contributed by atoms with van der Waals surface area (Å²) in [6.45, 7) is 5.37. The molecule has 0 unspecified atom stereocenters. The normalized spacial score (nSPS) is 12.1. The van der Waals surface area contributed by atoms with E-state index in [1.54, 1.807) is 13.8 Å². The molecule has 11 heteroatoms. The maximum Gasteiger partial charge on any atom is 0.453 e. The zero-order valence-electron chi connectivity index (χ0n) is 14.9. The predicted molar refractivity (Wildman–Crippen MR) is 93.9 cm³/mol. The van der Waals surface area contributed by atoms with Gasteiger partial charge in [0.1, 0.15) is 5.03 Å². The van der Waals surface area contributed by atoms with Crippen molar-refractivity contribution < 1.29 is 17.6 Å². The van der Waals surface area contributed by atoms with Crippen LogP contribution in [0.1, 0.15) is 22.5 Å². The Balaban J connectivity index is 1.72. The summed E-state index contributed by atoms with van der Waals surface area (Å²) in [5.74, 6) is -0.864. The van der Waals surface area contributed by atoms with Gasteiger partial charge in [0.25, 0.3) is 11.0 Å².